The van der Waals surface area contributed by atoms with Gasteiger partial charge in [-0.25, -0.2) is 8.42 Å². The Labute approximate surface area is 135 Å². The predicted octanol–water partition coefficient (Wildman–Crippen LogP) is 2.05. The highest BCUT2D eigenvalue weighted by molar-refractivity contribution is 7.90. The minimum atomic E-state index is -2.99. The lowest BCUT2D eigenvalue weighted by molar-refractivity contribution is 0.479. The standard InChI is InChI=1S/C13H19Cl2N3O2S/c1-16-13(17-6-7-21(3,19)20)18(2)9-10-4-5-11(14)12(15)8-10/h4-5,8H,6-7,9H2,1-3H3,(H,16,17). The van der Waals surface area contributed by atoms with Crippen molar-refractivity contribution < 1.29 is 8.42 Å². The molecule has 0 radical (unpaired) electrons. The fourth-order valence-corrected chi connectivity index (χ4v) is 2.51. The Morgan fingerprint density at radius 2 is 2.00 bits per heavy atom. The first-order valence-electron chi connectivity index (χ1n) is 6.26. The third-order valence-corrected chi connectivity index (χ3v) is 4.42. The summed E-state index contributed by atoms with van der Waals surface area (Å²) in [6.07, 6.45) is 1.21. The average molecular weight is 352 g/mol. The fraction of sp³-hybridized carbons (Fsp3) is 0.462. The molecule has 0 atom stereocenters. The van der Waals surface area contributed by atoms with Crippen LogP contribution in [-0.4, -0.2) is 51.9 Å². The number of nitrogens with zero attached hydrogens (tertiary/aromatic N) is 2. The maximum atomic E-state index is 11.1. The minimum absolute atomic E-state index is 0.0621. The predicted molar refractivity (Wildman–Crippen MR) is 89.0 cm³/mol. The zero-order chi connectivity index (χ0) is 16.0. The Morgan fingerprint density at radius 1 is 1.33 bits per heavy atom. The third-order valence-electron chi connectivity index (χ3n) is 2.73. The molecule has 0 aromatic heterocycles. The highest BCUT2D eigenvalue weighted by Crippen LogP contribution is 2.23. The van der Waals surface area contributed by atoms with Crippen LogP contribution >= 0.6 is 23.2 Å². The van der Waals surface area contributed by atoms with Gasteiger partial charge in [0, 0.05) is 33.4 Å². The maximum Gasteiger partial charge on any atom is 0.193 e. The lowest BCUT2D eigenvalue weighted by Gasteiger charge is -2.22. The largest absolute Gasteiger partial charge is 0.355 e. The van der Waals surface area contributed by atoms with E-state index in [1.165, 1.54) is 6.26 Å². The lowest BCUT2D eigenvalue weighted by atomic mass is 10.2. The van der Waals surface area contributed by atoms with Crippen molar-refractivity contribution in [3.63, 3.8) is 0 Å². The highest BCUT2D eigenvalue weighted by Gasteiger charge is 2.09. The topological polar surface area (TPSA) is 61.8 Å². The third kappa shape index (κ3) is 6.54. The summed E-state index contributed by atoms with van der Waals surface area (Å²) in [4.78, 5) is 6.00. The molecule has 0 amide bonds. The van der Waals surface area contributed by atoms with Crippen LogP contribution < -0.4 is 5.32 Å². The lowest BCUT2D eigenvalue weighted by Crippen LogP contribution is -2.40. The number of sulfone groups is 1. The van der Waals surface area contributed by atoms with Crippen LogP contribution in [0.4, 0.5) is 0 Å². The molecule has 0 aliphatic carbocycles. The van der Waals surface area contributed by atoms with Crippen molar-refractivity contribution in [1.82, 2.24) is 10.2 Å². The van der Waals surface area contributed by atoms with Crippen molar-refractivity contribution in [1.29, 1.82) is 0 Å². The van der Waals surface area contributed by atoms with E-state index < -0.39 is 9.84 Å². The molecule has 0 aliphatic heterocycles. The second-order valence-corrected chi connectivity index (χ2v) is 7.78. The van der Waals surface area contributed by atoms with Gasteiger partial charge in [-0.05, 0) is 17.7 Å². The van der Waals surface area contributed by atoms with E-state index in [1.54, 1.807) is 19.2 Å². The van der Waals surface area contributed by atoms with E-state index in [2.05, 4.69) is 10.3 Å². The van der Waals surface area contributed by atoms with E-state index in [-0.39, 0.29) is 5.75 Å². The molecule has 118 valence electrons. The van der Waals surface area contributed by atoms with Gasteiger partial charge >= 0.3 is 0 Å². The van der Waals surface area contributed by atoms with Gasteiger partial charge in [-0.3, -0.25) is 4.99 Å². The first-order valence-corrected chi connectivity index (χ1v) is 9.08. The van der Waals surface area contributed by atoms with Gasteiger partial charge in [-0.2, -0.15) is 0 Å². The van der Waals surface area contributed by atoms with Gasteiger partial charge in [0.05, 0.1) is 15.8 Å². The Kier molecular flexibility index (Phi) is 6.77. The van der Waals surface area contributed by atoms with Crippen molar-refractivity contribution in [3.8, 4) is 0 Å². The van der Waals surface area contributed by atoms with E-state index >= 15 is 0 Å². The number of rotatable bonds is 5. The smallest absolute Gasteiger partial charge is 0.193 e. The van der Waals surface area contributed by atoms with Crippen LogP contribution in [-0.2, 0) is 16.4 Å². The summed E-state index contributed by atoms with van der Waals surface area (Å²) in [6, 6.07) is 5.42. The van der Waals surface area contributed by atoms with E-state index in [1.807, 2.05) is 18.0 Å². The van der Waals surface area contributed by atoms with Crippen LogP contribution in [0.25, 0.3) is 0 Å². The van der Waals surface area contributed by atoms with Crippen LogP contribution in [0.2, 0.25) is 10.0 Å². The molecule has 1 aromatic rings. The molecule has 5 nitrogen and oxygen atoms in total. The molecule has 0 heterocycles. The minimum Gasteiger partial charge on any atom is -0.355 e. The molecule has 0 aliphatic rings. The van der Waals surface area contributed by atoms with Gasteiger partial charge in [0.15, 0.2) is 5.96 Å². The Morgan fingerprint density at radius 3 is 2.52 bits per heavy atom. The molecule has 1 rings (SSSR count). The van der Waals surface area contributed by atoms with Crippen LogP contribution in [0.3, 0.4) is 0 Å². The number of hydrogen-bond acceptors (Lipinski definition) is 3. The molecule has 0 fully saturated rings. The molecule has 1 N–H and O–H groups in total. The van der Waals surface area contributed by atoms with Crippen molar-refractivity contribution in [2.24, 2.45) is 4.99 Å². The number of benzene rings is 1. The Hall–Kier alpha value is -0.980. The van der Waals surface area contributed by atoms with Gasteiger partial charge in [0.1, 0.15) is 9.84 Å². The fourth-order valence-electron chi connectivity index (χ4n) is 1.72. The summed E-state index contributed by atoms with van der Waals surface area (Å²) >= 11 is 11.9. The highest BCUT2D eigenvalue weighted by atomic mass is 35.5. The van der Waals surface area contributed by atoms with Crippen LogP contribution in [0.5, 0.6) is 0 Å². The molecule has 0 spiro atoms. The summed E-state index contributed by atoms with van der Waals surface area (Å²) in [7, 11) is 0.515. The van der Waals surface area contributed by atoms with Gasteiger partial charge in [0.25, 0.3) is 0 Å². The Balaban J connectivity index is 2.63. The first kappa shape index (κ1) is 18.1. The number of halogens is 2. The second-order valence-electron chi connectivity index (χ2n) is 4.71. The summed E-state index contributed by atoms with van der Waals surface area (Å²) in [6.45, 7) is 0.895. The molecule has 21 heavy (non-hydrogen) atoms. The molecular weight excluding hydrogens is 333 g/mol. The summed E-state index contributed by atoms with van der Waals surface area (Å²) in [5, 5.41) is 4.02. The van der Waals surface area contributed by atoms with E-state index in [0.29, 0.717) is 29.1 Å². The van der Waals surface area contributed by atoms with Gasteiger partial charge < -0.3 is 10.2 Å². The molecule has 8 heteroatoms. The molecule has 1 aromatic carbocycles. The molecule has 0 unspecified atom stereocenters. The summed E-state index contributed by atoms with van der Waals surface area (Å²) in [5.41, 5.74) is 0.984. The molecule has 0 saturated carbocycles. The van der Waals surface area contributed by atoms with Crippen LogP contribution in [0, 0.1) is 0 Å². The first-order chi connectivity index (χ1) is 9.73. The zero-order valence-electron chi connectivity index (χ0n) is 12.2. The summed E-state index contributed by atoms with van der Waals surface area (Å²) < 4.78 is 22.2. The van der Waals surface area contributed by atoms with Crippen molar-refractivity contribution in [3.05, 3.63) is 33.8 Å². The van der Waals surface area contributed by atoms with Crippen LogP contribution in [0.1, 0.15) is 5.56 Å². The van der Waals surface area contributed by atoms with E-state index in [4.69, 9.17) is 23.2 Å². The Bertz CT molecular complexity index is 618. The van der Waals surface area contributed by atoms with E-state index in [0.717, 1.165) is 5.56 Å². The summed E-state index contributed by atoms with van der Waals surface area (Å²) in [5.74, 6) is 0.678. The molecule has 0 bridgehead atoms. The number of hydrogen-bond donors (Lipinski definition) is 1. The van der Waals surface area contributed by atoms with Gasteiger partial charge in [0.2, 0.25) is 0 Å². The quantitative estimate of drug-likeness (QED) is 0.651. The maximum absolute atomic E-state index is 11.1. The van der Waals surface area contributed by atoms with Gasteiger partial charge in [-0.15, -0.1) is 0 Å². The van der Waals surface area contributed by atoms with Crippen molar-refractivity contribution in [2.45, 2.75) is 6.54 Å². The molecule has 0 saturated heterocycles. The normalized spacial score (nSPS) is 12.3. The SMILES string of the molecule is CN=C(NCCS(C)(=O)=O)N(C)Cc1ccc(Cl)c(Cl)c1. The van der Waals surface area contributed by atoms with Crippen LogP contribution in [0.15, 0.2) is 23.2 Å². The number of guanidine groups is 1. The second kappa shape index (κ2) is 7.87. The van der Waals surface area contributed by atoms with Crippen molar-refractivity contribution >= 4 is 39.0 Å². The van der Waals surface area contributed by atoms with Crippen molar-refractivity contribution in [2.75, 3.05) is 32.6 Å². The van der Waals surface area contributed by atoms with Gasteiger partial charge in [-0.1, -0.05) is 29.3 Å². The molecular formula is C13H19Cl2N3O2S. The number of nitrogens with one attached hydrogen (secondary N) is 1. The average Bonchev–Trinajstić information content (AvgIpc) is 2.37. The zero-order valence-corrected chi connectivity index (χ0v) is 14.6. The number of aliphatic imine (C=N–C) groups is 1. The van der Waals surface area contributed by atoms with E-state index in [9.17, 15) is 8.42 Å². The monoisotopic (exact) mass is 351 g/mol.